The molecule has 2 atom stereocenters. The van der Waals surface area contributed by atoms with Crippen molar-refractivity contribution in [2.24, 2.45) is 5.92 Å². The predicted octanol–water partition coefficient (Wildman–Crippen LogP) is 3.49. The van der Waals surface area contributed by atoms with Crippen molar-refractivity contribution < 1.29 is 14.7 Å². The molecule has 24 heavy (non-hydrogen) atoms. The number of hydrogen-bond acceptors (Lipinski definition) is 3. The third kappa shape index (κ3) is 5.45. The van der Waals surface area contributed by atoms with Gasteiger partial charge in [-0.25, -0.2) is 0 Å². The molecule has 1 aromatic rings. The van der Waals surface area contributed by atoms with E-state index in [1.165, 1.54) is 19.3 Å². The maximum atomic E-state index is 12.6. The van der Waals surface area contributed by atoms with Gasteiger partial charge < -0.3 is 10.4 Å². The zero-order chi connectivity index (χ0) is 17.4. The number of Topliss-reactive ketones (excluding diaryl/α,β-unsaturated/α-hetero) is 1. The minimum absolute atomic E-state index is 0.0850. The van der Waals surface area contributed by atoms with E-state index in [1.807, 2.05) is 13.0 Å². The molecule has 0 bridgehead atoms. The maximum Gasteiger partial charge on any atom is 0.220 e. The molecular formula is C20H29NO3. The summed E-state index contributed by atoms with van der Waals surface area (Å²) in [7, 11) is 0. The summed E-state index contributed by atoms with van der Waals surface area (Å²) in [4.78, 5) is 24.6. The van der Waals surface area contributed by atoms with E-state index in [0.717, 1.165) is 19.3 Å². The second-order valence-electron chi connectivity index (χ2n) is 6.84. The second kappa shape index (κ2) is 9.58. The Morgan fingerprint density at radius 2 is 1.83 bits per heavy atom. The summed E-state index contributed by atoms with van der Waals surface area (Å²) in [6.07, 6.45) is 6.56. The first-order valence-electron chi connectivity index (χ1n) is 9.18. The van der Waals surface area contributed by atoms with Crippen molar-refractivity contribution in [3.63, 3.8) is 0 Å². The fourth-order valence-electron chi connectivity index (χ4n) is 3.51. The van der Waals surface area contributed by atoms with Gasteiger partial charge in [0.25, 0.3) is 0 Å². The van der Waals surface area contributed by atoms with Crippen molar-refractivity contribution >= 4 is 11.7 Å². The minimum atomic E-state index is -1.19. The molecule has 0 heterocycles. The smallest absolute Gasteiger partial charge is 0.220 e. The lowest BCUT2D eigenvalue weighted by Gasteiger charge is -2.29. The number of benzene rings is 1. The first-order valence-corrected chi connectivity index (χ1v) is 9.18. The molecule has 132 valence electrons. The van der Waals surface area contributed by atoms with Gasteiger partial charge in [0.1, 0.15) is 6.10 Å². The van der Waals surface area contributed by atoms with E-state index < -0.39 is 12.1 Å². The van der Waals surface area contributed by atoms with Gasteiger partial charge in [-0.2, -0.15) is 0 Å². The quantitative estimate of drug-likeness (QED) is 0.717. The molecule has 0 radical (unpaired) electrons. The van der Waals surface area contributed by atoms with Crippen LogP contribution in [-0.2, 0) is 4.79 Å². The highest BCUT2D eigenvalue weighted by atomic mass is 16.3. The topological polar surface area (TPSA) is 66.4 Å². The summed E-state index contributed by atoms with van der Waals surface area (Å²) < 4.78 is 0. The van der Waals surface area contributed by atoms with Crippen molar-refractivity contribution in [1.82, 2.24) is 5.32 Å². The molecule has 4 heteroatoms. The van der Waals surface area contributed by atoms with E-state index >= 15 is 0 Å². The number of carbonyl (C=O) groups is 2. The van der Waals surface area contributed by atoms with E-state index in [0.29, 0.717) is 24.3 Å². The van der Waals surface area contributed by atoms with Gasteiger partial charge in [-0.3, -0.25) is 9.59 Å². The fraction of sp³-hybridized carbons (Fsp3) is 0.600. The van der Waals surface area contributed by atoms with Gasteiger partial charge in [0.2, 0.25) is 5.91 Å². The van der Waals surface area contributed by atoms with Gasteiger partial charge in [0.15, 0.2) is 5.78 Å². The molecule has 0 aromatic heterocycles. The third-order valence-electron chi connectivity index (χ3n) is 4.84. The summed E-state index contributed by atoms with van der Waals surface area (Å²) in [5, 5.41) is 13.5. The number of aliphatic hydroxyl groups is 1. The van der Waals surface area contributed by atoms with Crippen LogP contribution in [0.5, 0.6) is 0 Å². The van der Waals surface area contributed by atoms with Crippen molar-refractivity contribution in [3.05, 3.63) is 35.9 Å². The summed E-state index contributed by atoms with van der Waals surface area (Å²) in [5.74, 6) is 0.0790. The van der Waals surface area contributed by atoms with E-state index in [-0.39, 0.29) is 11.7 Å². The first-order chi connectivity index (χ1) is 11.6. The molecule has 0 aliphatic heterocycles. The molecule has 0 saturated heterocycles. The summed E-state index contributed by atoms with van der Waals surface area (Å²) in [5.41, 5.74) is 0.489. The molecule has 2 rings (SSSR count). The van der Waals surface area contributed by atoms with Crippen LogP contribution < -0.4 is 5.32 Å². The first kappa shape index (κ1) is 18.7. The number of aliphatic hydroxyl groups excluding tert-OH is 1. The van der Waals surface area contributed by atoms with E-state index in [1.54, 1.807) is 24.3 Å². The lowest BCUT2D eigenvalue weighted by molar-refractivity contribution is -0.122. The highest BCUT2D eigenvalue weighted by Crippen LogP contribution is 2.28. The molecule has 0 spiro atoms. The maximum absolute atomic E-state index is 12.6. The zero-order valence-corrected chi connectivity index (χ0v) is 14.5. The highest BCUT2D eigenvalue weighted by Gasteiger charge is 2.30. The highest BCUT2D eigenvalue weighted by molar-refractivity contribution is 6.00. The molecule has 1 saturated carbocycles. The van der Waals surface area contributed by atoms with Gasteiger partial charge in [0.05, 0.1) is 6.04 Å². The van der Waals surface area contributed by atoms with Crippen LogP contribution in [-0.4, -0.2) is 28.9 Å². The van der Waals surface area contributed by atoms with Crippen molar-refractivity contribution in [1.29, 1.82) is 0 Å². The van der Waals surface area contributed by atoms with Crippen molar-refractivity contribution in [3.8, 4) is 0 Å². The average molecular weight is 331 g/mol. The van der Waals surface area contributed by atoms with Crippen LogP contribution in [0, 0.1) is 5.92 Å². The predicted molar refractivity (Wildman–Crippen MR) is 94.8 cm³/mol. The molecule has 4 nitrogen and oxygen atoms in total. The largest absolute Gasteiger partial charge is 0.383 e. The van der Waals surface area contributed by atoms with Gasteiger partial charge in [-0.05, 0) is 18.8 Å². The molecule has 2 N–H and O–H groups in total. The van der Waals surface area contributed by atoms with Crippen LogP contribution in [0.1, 0.15) is 68.6 Å². The Bertz CT molecular complexity index is 523. The monoisotopic (exact) mass is 331 g/mol. The molecule has 1 fully saturated rings. The second-order valence-corrected chi connectivity index (χ2v) is 6.84. The Morgan fingerprint density at radius 1 is 1.17 bits per heavy atom. The van der Waals surface area contributed by atoms with Gasteiger partial charge >= 0.3 is 0 Å². The summed E-state index contributed by atoms with van der Waals surface area (Å²) in [6.45, 7) is 1.95. The Balaban J connectivity index is 2.07. The van der Waals surface area contributed by atoms with E-state index in [9.17, 15) is 14.7 Å². The molecule has 1 aromatic carbocycles. The van der Waals surface area contributed by atoms with Crippen LogP contribution in [0.15, 0.2) is 30.3 Å². The number of amides is 1. The Labute approximate surface area is 144 Å². The summed E-state index contributed by atoms with van der Waals surface area (Å²) in [6, 6.07) is 8.32. The van der Waals surface area contributed by atoms with Crippen molar-refractivity contribution in [2.75, 3.05) is 0 Å². The number of hydrogen-bond donors (Lipinski definition) is 2. The fourth-order valence-corrected chi connectivity index (χ4v) is 3.51. The molecule has 1 aliphatic carbocycles. The van der Waals surface area contributed by atoms with Gasteiger partial charge in [-0.15, -0.1) is 0 Å². The molecule has 1 aliphatic rings. The van der Waals surface area contributed by atoms with Gasteiger partial charge in [0, 0.05) is 12.0 Å². The van der Waals surface area contributed by atoms with Crippen LogP contribution in [0.25, 0.3) is 0 Å². The van der Waals surface area contributed by atoms with Crippen LogP contribution in [0.3, 0.4) is 0 Å². The third-order valence-corrected chi connectivity index (χ3v) is 4.84. The Morgan fingerprint density at radius 3 is 2.46 bits per heavy atom. The lowest BCUT2D eigenvalue weighted by atomic mass is 9.82. The van der Waals surface area contributed by atoms with E-state index in [2.05, 4.69) is 5.32 Å². The standard InChI is InChI=1S/C20H29NO3/c1-2-9-18(22)21-17(14-15-10-5-3-6-11-15)20(24)19(23)16-12-7-4-8-13-16/h4,7-8,12-13,15,17,20,24H,2-3,5-6,9-11,14H2,1H3,(H,21,22)/t17-,20+/m0/s1. The molecule has 1 amide bonds. The SMILES string of the molecule is CCCC(=O)N[C@@H](CC1CCCCC1)[C@@H](O)C(=O)c1ccccc1. The normalized spacial score (nSPS) is 17.9. The lowest BCUT2D eigenvalue weighted by Crippen LogP contribution is -2.48. The van der Waals surface area contributed by atoms with Crippen molar-refractivity contribution in [2.45, 2.75) is 70.4 Å². The number of ketones is 1. The van der Waals surface area contributed by atoms with Crippen LogP contribution >= 0.6 is 0 Å². The number of rotatable bonds is 8. The minimum Gasteiger partial charge on any atom is -0.383 e. The van der Waals surface area contributed by atoms with Gasteiger partial charge in [-0.1, -0.05) is 69.4 Å². The van der Waals surface area contributed by atoms with Crippen LogP contribution in [0.2, 0.25) is 0 Å². The number of nitrogens with one attached hydrogen (secondary N) is 1. The Hall–Kier alpha value is -1.68. The van der Waals surface area contributed by atoms with Crippen LogP contribution in [0.4, 0.5) is 0 Å². The Kier molecular flexibility index (Phi) is 7.44. The zero-order valence-electron chi connectivity index (χ0n) is 14.5. The molecular weight excluding hydrogens is 302 g/mol. The molecule has 0 unspecified atom stereocenters. The van der Waals surface area contributed by atoms with E-state index in [4.69, 9.17) is 0 Å². The average Bonchev–Trinajstić information content (AvgIpc) is 2.62. The summed E-state index contributed by atoms with van der Waals surface area (Å²) >= 11 is 0. The number of carbonyl (C=O) groups excluding carboxylic acids is 2.